The summed E-state index contributed by atoms with van der Waals surface area (Å²) in [5.74, 6) is 0.184. The summed E-state index contributed by atoms with van der Waals surface area (Å²) < 4.78 is 5.66. The number of nitrogens with zero attached hydrogens (tertiary/aromatic N) is 2. The number of carbonyl (C=O) groups excluding carboxylic acids is 1. The quantitative estimate of drug-likeness (QED) is 0.758. The zero-order valence-corrected chi connectivity index (χ0v) is 15.8. The molecular formula is C22H25N3O2. The molecule has 5 heteroatoms. The van der Waals surface area contributed by atoms with Crippen LogP contribution in [0.4, 0.5) is 0 Å². The number of benzene rings is 1. The van der Waals surface area contributed by atoms with E-state index in [1.165, 1.54) is 5.56 Å². The summed E-state index contributed by atoms with van der Waals surface area (Å²) in [6.45, 7) is 6.12. The van der Waals surface area contributed by atoms with Crippen LogP contribution >= 0.6 is 0 Å². The fraction of sp³-hybridized carbons (Fsp3) is 0.364. The molecule has 1 aromatic carbocycles. The third-order valence-corrected chi connectivity index (χ3v) is 5.43. The molecule has 1 aliphatic rings. The van der Waals surface area contributed by atoms with Crippen LogP contribution in [0.3, 0.4) is 0 Å². The van der Waals surface area contributed by atoms with Crippen LogP contribution in [-0.4, -0.2) is 34.9 Å². The lowest BCUT2D eigenvalue weighted by molar-refractivity contribution is 0.0871. The van der Waals surface area contributed by atoms with Crippen molar-refractivity contribution in [3.05, 3.63) is 65.5 Å². The highest BCUT2D eigenvalue weighted by molar-refractivity contribution is 5.95. The average Bonchev–Trinajstić information content (AvgIpc) is 3.12. The van der Waals surface area contributed by atoms with Crippen LogP contribution < -0.4 is 5.32 Å². The monoisotopic (exact) mass is 363 g/mol. The van der Waals surface area contributed by atoms with Crippen molar-refractivity contribution in [3.63, 3.8) is 0 Å². The standard InChI is InChI=1S/C22H25N3O2/c1-15-8-9-20-19(23-15)14-21(27-20)22(26)24-18-10-12-25(13-11-18)16(2)17-6-4-3-5-7-17/h3-9,14,16,18H,10-13H2,1-2H3,(H,24,26). The first-order valence-electron chi connectivity index (χ1n) is 9.57. The Morgan fingerprint density at radius 1 is 1.19 bits per heavy atom. The van der Waals surface area contributed by atoms with Crippen LogP contribution in [0.15, 0.2) is 52.9 Å². The Balaban J connectivity index is 1.35. The molecule has 1 aliphatic heterocycles. The summed E-state index contributed by atoms with van der Waals surface area (Å²) >= 11 is 0. The van der Waals surface area contributed by atoms with Gasteiger partial charge in [0.05, 0.1) is 0 Å². The third kappa shape index (κ3) is 3.88. The van der Waals surface area contributed by atoms with Crippen molar-refractivity contribution < 1.29 is 9.21 Å². The number of aromatic nitrogens is 1. The van der Waals surface area contributed by atoms with Crippen LogP contribution in [0.1, 0.15) is 47.6 Å². The van der Waals surface area contributed by atoms with E-state index in [4.69, 9.17) is 4.42 Å². The van der Waals surface area contributed by atoms with Gasteiger partial charge in [-0.05, 0) is 44.4 Å². The van der Waals surface area contributed by atoms with E-state index in [-0.39, 0.29) is 11.9 Å². The summed E-state index contributed by atoms with van der Waals surface area (Å²) in [6.07, 6.45) is 1.89. The molecule has 0 spiro atoms. The number of furan rings is 1. The van der Waals surface area contributed by atoms with E-state index in [0.29, 0.717) is 17.4 Å². The molecule has 0 saturated carbocycles. The highest BCUT2D eigenvalue weighted by Gasteiger charge is 2.25. The van der Waals surface area contributed by atoms with Gasteiger partial charge in [0.25, 0.3) is 5.91 Å². The van der Waals surface area contributed by atoms with Crippen LogP contribution in [0.5, 0.6) is 0 Å². The number of pyridine rings is 1. The first-order valence-corrected chi connectivity index (χ1v) is 9.57. The molecule has 140 valence electrons. The minimum Gasteiger partial charge on any atom is -0.449 e. The van der Waals surface area contributed by atoms with Crippen molar-refractivity contribution in [3.8, 4) is 0 Å². The molecule has 1 unspecified atom stereocenters. The average molecular weight is 363 g/mol. The smallest absolute Gasteiger partial charge is 0.287 e. The Morgan fingerprint density at radius 2 is 1.93 bits per heavy atom. The van der Waals surface area contributed by atoms with Crippen molar-refractivity contribution in [2.75, 3.05) is 13.1 Å². The number of nitrogens with one attached hydrogen (secondary N) is 1. The number of hydrogen-bond donors (Lipinski definition) is 1. The minimum atomic E-state index is -0.153. The maximum Gasteiger partial charge on any atom is 0.287 e. The molecule has 0 bridgehead atoms. The number of piperidine rings is 1. The van der Waals surface area contributed by atoms with E-state index in [2.05, 4.69) is 46.4 Å². The van der Waals surface area contributed by atoms with Gasteiger partial charge in [-0.2, -0.15) is 0 Å². The van der Waals surface area contributed by atoms with Crippen LogP contribution in [-0.2, 0) is 0 Å². The van der Waals surface area contributed by atoms with Crippen molar-refractivity contribution in [1.82, 2.24) is 15.2 Å². The predicted molar refractivity (Wildman–Crippen MR) is 106 cm³/mol. The van der Waals surface area contributed by atoms with E-state index in [0.717, 1.165) is 37.1 Å². The van der Waals surface area contributed by atoms with E-state index < -0.39 is 0 Å². The second-order valence-corrected chi connectivity index (χ2v) is 7.32. The van der Waals surface area contributed by atoms with Gasteiger partial charge in [0.15, 0.2) is 11.3 Å². The molecule has 1 amide bonds. The van der Waals surface area contributed by atoms with Gasteiger partial charge in [0.1, 0.15) is 5.52 Å². The van der Waals surface area contributed by atoms with Gasteiger partial charge in [-0.15, -0.1) is 0 Å². The third-order valence-electron chi connectivity index (χ3n) is 5.43. The number of amides is 1. The lowest BCUT2D eigenvalue weighted by Gasteiger charge is -2.36. The molecule has 4 rings (SSSR count). The van der Waals surface area contributed by atoms with Gasteiger partial charge in [-0.25, -0.2) is 4.98 Å². The number of fused-ring (bicyclic) bond motifs is 1. The lowest BCUT2D eigenvalue weighted by atomic mass is 10.00. The Bertz CT molecular complexity index is 927. The van der Waals surface area contributed by atoms with E-state index >= 15 is 0 Å². The van der Waals surface area contributed by atoms with Gasteiger partial charge in [-0.3, -0.25) is 9.69 Å². The molecule has 3 aromatic rings. The van der Waals surface area contributed by atoms with Crippen molar-refractivity contribution in [1.29, 1.82) is 0 Å². The molecule has 2 aromatic heterocycles. The lowest BCUT2D eigenvalue weighted by Crippen LogP contribution is -2.45. The predicted octanol–water partition coefficient (Wildman–Crippen LogP) is 4.09. The molecule has 0 aliphatic carbocycles. The summed E-state index contributed by atoms with van der Waals surface area (Å²) in [4.78, 5) is 19.4. The Kier molecular flexibility index (Phi) is 4.94. The van der Waals surface area contributed by atoms with Gasteiger partial charge in [0, 0.05) is 36.9 Å². The Labute approximate surface area is 159 Å². The van der Waals surface area contributed by atoms with E-state index in [9.17, 15) is 4.79 Å². The van der Waals surface area contributed by atoms with Crippen LogP contribution in [0, 0.1) is 6.92 Å². The van der Waals surface area contributed by atoms with Gasteiger partial charge < -0.3 is 9.73 Å². The number of carbonyl (C=O) groups is 1. The molecule has 0 radical (unpaired) electrons. The fourth-order valence-electron chi connectivity index (χ4n) is 3.77. The first-order chi connectivity index (χ1) is 13.1. The maximum absolute atomic E-state index is 12.6. The molecule has 5 nitrogen and oxygen atoms in total. The molecule has 1 N–H and O–H groups in total. The van der Waals surface area contributed by atoms with Crippen molar-refractivity contribution >= 4 is 17.0 Å². The summed E-state index contributed by atoms with van der Waals surface area (Å²) in [5, 5.41) is 3.12. The molecule has 3 heterocycles. The number of rotatable bonds is 4. The molecule has 1 saturated heterocycles. The Morgan fingerprint density at radius 3 is 2.67 bits per heavy atom. The van der Waals surface area contributed by atoms with Crippen LogP contribution in [0.2, 0.25) is 0 Å². The van der Waals surface area contributed by atoms with E-state index in [1.54, 1.807) is 6.07 Å². The van der Waals surface area contributed by atoms with Crippen LogP contribution in [0.25, 0.3) is 11.1 Å². The number of likely N-dealkylation sites (tertiary alicyclic amines) is 1. The zero-order chi connectivity index (χ0) is 18.8. The zero-order valence-electron chi connectivity index (χ0n) is 15.8. The highest BCUT2D eigenvalue weighted by atomic mass is 16.3. The summed E-state index contributed by atoms with van der Waals surface area (Å²) in [6, 6.07) is 16.6. The van der Waals surface area contributed by atoms with Crippen molar-refractivity contribution in [2.45, 2.75) is 38.8 Å². The van der Waals surface area contributed by atoms with Crippen molar-refractivity contribution in [2.24, 2.45) is 0 Å². The van der Waals surface area contributed by atoms with Gasteiger partial charge >= 0.3 is 0 Å². The second-order valence-electron chi connectivity index (χ2n) is 7.32. The maximum atomic E-state index is 12.6. The van der Waals surface area contributed by atoms with E-state index in [1.807, 2.05) is 25.1 Å². The van der Waals surface area contributed by atoms with Gasteiger partial charge in [-0.1, -0.05) is 30.3 Å². The van der Waals surface area contributed by atoms with Gasteiger partial charge in [0.2, 0.25) is 0 Å². The number of aryl methyl sites for hydroxylation is 1. The fourth-order valence-corrected chi connectivity index (χ4v) is 3.77. The normalized spacial score (nSPS) is 17.1. The molecule has 27 heavy (non-hydrogen) atoms. The summed E-state index contributed by atoms with van der Waals surface area (Å²) in [7, 11) is 0. The largest absolute Gasteiger partial charge is 0.449 e. The Hall–Kier alpha value is -2.66. The topological polar surface area (TPSA) is 58.4 Å². The minimum absolute atomic E-state index is 0.153. The SMILES string of the molecule is Cc1ccc2oc(C(=O)NC3CCN(C(C)c4ccccc4)CC3)cc2n1. The highest BCUT2D eigenvalue weighted by Crippen LogP contribution is 2.24. The molecule has 1 atom stereocenters. The molecular weight excluding hydrogens is 338 g/mol. The summed E-state index contributed by atoms with van der Waals surface area (Å²) in [5.41, 5.74) is 3.63. The second kappa shape index (κ2) is 7.53. The molecule has 1 fully saturated rings. The first kappa shape index (κ1) is 17.7. The number of hydrogen-bond acceptors (Lipinski definition) is 4.